The first kappa shape index (κ1) is 17.0. The summed E-state index contributed by atoms with van der Waals surface area (Å²) in [5.41, 5.74) is -1.62. The van der Waals surface area contributed by atoms with Gasteiger partial charge in [0.05, 0.1) is 24.4 Å². The van der Waals surface area contributed by atoms with Crippen LogP contribution in [0.15, 0.2) is 12.2 Å². The molecule has 0 radical (unpaired) electrons. The first-order valence-corrected chi connectivity index (χ1v) is 9.49. The van der Waals surface area contributed by atoms with Crippen LogP contribution in [0.5, 0.6) is 0 Å². The van der Waals surface area contributed by atoms with E-state index in [0.717, 1.165) is 25.7 Å². The number of allylic oxidation sites excluding steroid dienone is 1. The standard InChI is InChI=1S/C20H32O4/c1-17(2)13-5-9-19-8-4-12(20(24,10-19)11-21)15(23)16(19)18(13,3)7-6-14(17)22/h4,8,12-16,21-24H,5-7,9-11H2,1-3H3/t12?,13?,14-,15?,16?,18-,19?,20-/m1/s1. The van der Waals surface area contributed by atoms with E-state index in [9.17, 15) is 20.4 Å². The van der Waals surface area contributed by atoms with Gasteiger partial charge in [0.15, 0.2) is 0 Å². The van der Waals surface area contributed by atoms with Gasteiger partial charge in [-0.3, -0.25) is 0 Å². The van der Waals surface area contributed by atoms with Crippen molar-refractivity contribution in [3.05, 3.63) is 12.2 Å². The number of aliphatic hydroxyl groups is 4. The van der Waals surface area contributed by atoms with E-state index in [2.05, 4.69) is 26.8 Å². The summed E-state index contributed by atoms with van der Waals surface area (Å²) < 4.78 is 0. The normalized spacial score (nSPS) is 58.2. The molecule has 3 saturated carbocycles. The summed E-state index contributed by atoms with van der Waals surface area (Å²) in [7, 11) is 0. The summed E-state index contributed by atoms with van der Waals surface area (Å²) in [5.74, 6) is 0.0752. The van der Waals surface area contributed by atoms with Gasteiger partial charge in [-0.1, -0.05) is 32.9 Å². The molecule has 1 spiro atoms. The van der Waals surface area contributed by atoms with Gasteiger partial charge in [0.25, 0.3) is 0 Å². The third kappa shape index (κ3) is 1.83. The topological polar surface area (TPSA) is 80.9 Å². The fourth-order valence-corrected chi connectivity index (χ4v) is 7.51. The van der Waals surface area contributed by atoms with Crippen molar-refractivity contribution in [1.29, 1.82) is 0 Å². The van der Waals surface area contributed by atoms with Crippen LogP contribution in [0.2, 0.25) is 0 Å². The predicted molar refractivity (Wildman–Crippen MR) is 91.1 cm³/mol. The van der Waals surface area contributed by atoms with Crippen LogP contribution in [0, 0.1) is 34.0 Å². The van der Waals surface area contributed by atoms with E-state index in [1.54, 1.807) is 0 Å². The maximum Gasteiger partial charge on any atom is 0.0972 e. The van der Waals surface area contributed by atoms with Gasteiger partial charge in [0.2, 0.25) is 0 Å². The largest absolute Gasteiger partial charge is 0.393 e. The van der Waals surface area contributed by atoms with Gasteiger partial charge in [-0.25, -0.2) is 0 Å². The maximum absolute atomic E-state index is 11.2. The molecule has 4 N–H and O–H groups in total. The third-order valence-corrected chi connectivity index (χ3v) is 8.61. The van der Waals surface area contributed by atoms with Crippen LogP contribution < -0.4 is 0 Å². The fraction of sp³-hybridized carbons (Fsp3) is 0.900. The Kier molecular flexibility index (Phi) is 3.44. The van der Waals surface area contributed by atoms with Crippen molar-refractivity contribution < 1.29 is 20.4 Å². The fourth-order valence-electron chi connectivity index (χ4n) is 7.51. The maximum atomic E-state index is 11.2. The highest BCUT2D eigenvalue weighted by molar-refractivity contribution is 5.29. The van der Waals surface area contributed by atoms with E-state index in [1.807, 2.05) is 6.08 Å². The molecule has 136 valence electrons. The van der Waals surface area contributed by atoms with Crippen molar-refractivity contribution in [2.45, 2.75) is 70.7 Å². The molecule has 3 fully saturated rings. The Balaban J connectivity index is 1.80. The average Bonchev–Trinajstić information content (AvgIpc) is 2.51. The van der Waals surface area contributed by atoms with Crippen molar-refractivity contribution in [2.24, 2.45) is 34.0 Å². The molecule has 4 heteroatoms. The highest BCUT2D eigenvalue weighted by Gasteiger charge is 2.69. The summed E-state index contributed by atoms with van der Waals surface area (Å²) in [6, 6.07) is 0. The van der Waals surface area contributed by atoms with Crippen LogP contribution in [0.3, 0.4) is 0 Å². The van der Waals surface area contributed by atoms with Gasteiger partial charge in [0.1, 0.15) is 0 Å². The number of fused-ring (bicyclic) bond motifs is 2. The summed E-state index contributed by atoms with van der Waals surface area (Å²) in [4.78, 5) is 0. The van der Waals surface area contributed by atoms with Crippen LogP contribution in [0.4, 0.5) is 0 Å². The van der Waals surface area contributed by atoms with Gasteiger partial charge in [-0.15, -0.1) is 0 Å². The minimum absolute atomic E-state index is 0.0415. The molecule has 0 aromatic rings. The highest BCUT2D eigenvalue weighted by atomic mass is 16.3. The van der Waals surface area contributed by atoms with E-state index >= 15 is 0 Å². The lowest BCUT2D eigenvalue weighted by atomic mass is 9.36. The summed E-state index contributed by atoms with van der Waals surface area (Å²) >= 11 is 0. The van der Waals surface area contributed by atoms with Crippen LogP contribution in [-0.4, -0.2) is 44.8 Å². The highest BCUT2D eigenvalue weighted by Crippen LogP contribution is 2.70. The van der Waals surface area contributed by atoms with Gasteiger partial charge < -0.3 is 20.4 Å². The van der Waals surface area contributed by atoms with Crippen LogP contribution in [0.25, 0.3) is 0 Å². The Bertz CT molecular complexity index is 572. The molecule has 5 aliphatic carbocycles. The van der Waals surface area contributed by atoms with Crippen LogP contribution >= 0.6 is 0 Å². The molecule has 0 aromatic heterocycles. The summed E-state index contributed by atoms with van der Waals surface area (Å²) in [6.45, 7) is 6.35. The predicted octanol–water partition coefficient (Wildman–Crippen LogP) is 1.86. The molecule has 0 heterocycles. The lowest BCUT2D eigenvalue weighted by Gasteiger charge is -2.69. The van der Waals surface area contributed by atoms with Gasteiger partial charge in [0, 0.05) is 11.8 Å². The molecular formula is C20H32O4. The minimum Gasteiger partial charge on any atom is -0.393 e. The number of hydrogen-bond donors (Lipinski definition) is 4. The Morgan fingerprint density at radius 2 is 1.79 bits per heavy atom. The molecule has 0 saturated heterocycles. The second-order valence-electron chi connectivity index (χ2n) is 10.00. The van der Waals surface area contributed by atoms with Crippen molar-refractivity contribution >= 4 is 0 Å². The SMILES string of the molecule is CC1(C)C2CCC34C=CC(C(O)C3[C@]2(C)CC[C@H]1O)[C@](O)(CO)C4. The number of hydrogen-bond acceptors (Lipinski definition) is 4. The smallest absolute Gasteiger partial charge is 0.0972 e. The Morgan fingerprint density at radius 3 is 2.46 bits per heavy atom. The molecular weight excluding hydrogens is 304 g/mol. The first-order chi connectivity index (χ1) is 11.1. The Hall–Kier alpha value is -0.420. The molecule has 4 nitrogen and oxygen atoms in total. The lowest BCUT2D eigenvalue weighted by Crippen LogP contribution is -2.70. The zero-order valence-electron chi connectivity index (χ0n) is 15.1. The van der Waals surface area contributed by atoms with Crippen molar-refractivity contribution in [3.8, 4) is 0 Å². The molecule has 8 atom stereocenters. The Morgan fingerprint density at radius 1 is 1.08 bits per heavy atom. The molecule has 24 heavy (non-hydrogen) atoms. The zero-order valence-corrected chi connectivity index (χ0v) is 15.1. The second-order valence-corrected chi connectivity index (χ2v) is 10.00. The lowest BCUT2D eigenvalue weighted by molar-refractivity contribution is -0.254. The first-order valence-electron chi connectivity index (χ1n) is 9.49. The average molecular weight is 336 g/mol. The van der Waals surface area contributed by atoms with E-state index < -0.39 is 11.7 Å². The quantitative estimate of drug-likeness (QED) is 0.551. The van der Waals surface area contributed by atoms with Crippen molar-refractivity contribution in [2.75, 3.05) is 6.61 Å². The Labute approximate surface area is 144 Å². The monoisotopic (exact) mass is 336 g/mol. The molecule has 0 amide bonds. The van der Waals surface area contributed by atoms with Crippen molar-refractivity contribution in [3.63, 3.8) is 0 Å². The molecule has 2 bridgehead atoms. The molecule has 5 unspecified atom stereocenters. The number of aliphatic hydroxyl groups excluding tert-OH is 3. The molecule has 5 rings (SSSR count). The minimum atomic E-state index is -1.20. The molecule has 0 aliphatic heterocycles. The van der Waals surface area contributed by atoms with E-state index in [4.69, 9.17) is 0 Å². The van der Waals surface area contributed by atoms with Crippen molar-refractivity contribution in [1.82, 2.24) is 0 Å². The summed E-state index contributed by atoms with van der Waals surface area (Å²) in [5, 5.41) is 42.4. The molecule has 5 aliphatic rings. The zero-order chi connectivity index (χ0) is 17.5. The van der Waals surface area contributed by atoms with E-state index in [1.165, 1.54) is 0 Å². The van der Waals surface area contributed by atoms with Crippen LogP contribution in [-0.2, 0) is 0 Å². The van der Waals surface area contributed by atoms with Gasteiger partial charge >= 0.3 is 0 Å². The van der Waals surface area contributed by atoms with E-state index in [-0.39, 0.29) is 40.8 Å². The van der Waals surface area contributed by atoms with Crippen LogP contribution in [0.1, 0.15) is 52.9 Å². The van der Waals surface area contributed by atoms with Gasteiger partial charge in [-0.2, -0.15) is 0 Å². The third-order valence-electron chi connectivity index (χ3n) is 8.61. The summed E-state index contributed by atoms with van der Waals surface area (Å²) in [6.07, 6.45) is 7.43. The molecule has 0 aromatic carbocycles. The van der Waals surface area contributed by atoms with Gasteiger partial charge in [-0.05, 0) is 54.3 Å². The second kappa shape index (κ2) is 4.85. The number of rotatable bonds is 1. The van der Waals surface area contributed by atoms with E-state index in [0.29, 0.717) is 12.3 Å².